The maximum Gasteiger partial charge on any atom is 0.185 e. The number of phenolic OH excluding ortho intramolecular Hbond substituents is 1. The van der Waals surface area contributed by atoms with Crippen LogP contribution in [0, 0.1) is 6.92 Å². The van der Waals surface area contributed by atoms with E-state index in [9.17, 15) is 5.11 Å². The fourth-order valence-corrected chi connectivity index (χ4v) is 1.59. The standard InChI is InChI=1S/C11H13NO2/c1-3-14-11-9(13)5-4-8-6-7(2)12-10(8)11/h4-6,12-13H,3H2,1-2H3. The molecule has 0 aliphatic rings. The molecule has 3 nitrogen and oxygen atoms in total. The summed E-state index contributed by atoms with van der Waals surface area (Å²) in [5.74, 6) is 0.722. The van der Waals surface area contributed by atoms with Crippen molar-refractivity contribution in [2.45, 2.75) is 13.8 Å². The van der Waals surface area contributed by atoms with Crippen LogP contribution in [-0.4, -0.2) is 16.7 Å². The third-order valence-electron chi connectivity index (χ3n) is 2.15. The molecular formula is C11H13NO2. The van der Waals surface area contributed by atoms with E-state index in [4.69, 9.17) is 4.74 Å². The highest BCUT2D eigenvalue weighted by molar-refractivity contribution is 5.88. The summed E-state index contributed by atoms with van der Waals surface area (Å²) in [4.78, 5) is 3.17. The van der Waals surface area contributed by atoms with E-state index in [-0.39, 0.29) is 5.75 Å². The molecule has 2 N–H and O–H groups in total. The molecule has 1 aromatic heterocycles. The van der Waals surface area contributed by atoms with E-state index in [0.29, 0.717) is 12.4 Å². The molecule has 2 rings (SSSR count). The molecule has 0 saturated heterocycles. The molecule has 2 aromatic rings. The minimum absolute atomic E-state index is 0.182. The predicted octanol–water partition coefficient (Wildman–Crippen LogP) is 2.58. The molecule has 0 aliphatic carbocycles. The topological polar surface area (TPSA) is 45.2 Å². The second kappa shape index (κ2) is 3.25. The molecule has 0 atom stereocenters. The van der Waals surface area contributed by atoms with Gasteiger partial charge in [-0.2, -0.15) is 0 Å². The molecule has 74 valence electrons. The normalized spacial score (nSPS) is 10.7. The Hall–Kier alpha value is -1.64. The van der Waals surface area contributed by atoms with Crippen LogP contribution in [-0.2, 0) is 0 Å². The molecule has 0 saturated carbocycles. The smallest absolute Gasteiger partial charge is 0.185 e. The van der Waals surface area contributed by atoms with Crippen LogP contribution in [0.1, 0.15) is 12.6 Å². The highest BCUT2D eigenvalue weighted by Crippen LogP contribution is 2.34. The largest absolute Gasteiger partial charge is 0.504 e. The molecule has 0 radical (unpaired) electrons. The minimum Gasteiger partial charge on any atom is -0.504 e. The fourth-order valence-electron chi connectivity index (χ4n) is 1.59. The third-order valence-corrected chi connectivity index (χ3v) is 2.15. The molecule has 1 heterocycles. The van der Waals surface area contributed by atoms with Crippen molar-refractivity contribution < 1.29 is 9.84 Å². The summed E-state index contributed by atoms with van der Waals surface area (Å²) in [6.45, 7) is 4.42. The van der Waals surface area contributed by atoms with Crippen LogP contribution >= 0.6 is 0 Å². The number of aromatic amines is 1. The Morgan fingerprint density at radius 2 is 2.21 bits per heavy atom. The van der Waals surface area contributed by atoms with Crippen LogP contribution in [0.2, 0.25) is 0 Å². The average molecular weight is 191 g/mol. The number of aromatic nitrogens is 1. The molecule has 0 unspecified atom stereocenters. The number of phenols is 1. The predicted molar refractivity (Wildman–Crippen MR) is 55.9 cm³/mol. The van der Waals surface area contributed by atoms with Gasteiger partial charge in [-0.1, -0.05) is 0 Å². The van der Waals surface area contributed by atoms with Gasteiger partial charge in [-0.05, 0) is 32.0 Å². The Morgan fingerprint density at radius 3 is 2.93 bits per heavy atom. The van der Waals surface area contributed by atoms with E-state index in [1.165, 1.54) is 0 Å². The van der Waals surface area contributed by atoms with Crippen LogP contribution in [0.3, 0.4) is 0 Å². The lowest BCUT2D eigenvalue weighted by atomic mass is 10.2. The molecule has 14 heavy (non-hydrogen) atoms. The van der Waals surface area contributed by atoms with Crippen LogP contribution in [0.4, 0.5) is 0 Å². The zero-order chi connectivity index (χ0) is 10.1. The Balaban J connectivity index is 2.68. The third kappa shape index (κ3) is 1.31. The lowest BCUT2D eigenvalue weighted by molar-refractivity contribution is 0.321. The summed E-state index contributed by atoms with van der Waals surface area (Å²) in [7, 11) is 0. The van der Waals surface area contributed by atoms with Crippen LogP contribution in [0.25, 0.3) is 10.9 Å². The number of benzene rings is 1. The van der Waals surface area contributed by atoms with Gasteiger partial charge < -0.3 is 14.8 Å². The van der Waals surface area contributed by atoms with Gasteiger partial charge in [0.2, 0.25) is 0 Å². The highest BCUT2D eigenvalue weighted by Gasteiger charge is 2.09. The lowest BCUT2D eigenvalue weighted by Crippen LogP contribution is -1.92. The van der Waals surface area contributed by atoms with Crippen molar-refractivity contribution in [2.75, 3.05) is 6.61 Å². The van der Waals surface area contributed by atoms with Gasteiger partial charge in [-0.3, -0.25) is 0 Å². The van der Waals surface area contributed by atoms with Gasteiger partial charge in [-0.15, -0.1) is 0 Å². The molecule has 0 aliphatic heterocycles. The van der Waals surface area contributed by atoms with Crippen molar-refractivity contribution in [3.05, 3.63) is 23.9 Å². The first kappa shape index (κ1) is 8.94. The maximum absolute atomic E-state index is 9.60. The second-order valence-electron chi connectivity index (χ2n) is 3.26. The Morgan fingerprint density at radius 1 is 1.43 bits per heavy atom. The zero-order valence-corrected chi connectivity index (χ0v) is 8.29. The summed E-state index contributed by atoms with van der Waals surface area (Å²) >= 11 is 0. The van der Waals surface area contributed by atoms with Crippen LogP contribution in [0.5, 0.6) is 11.5 Å². The lowest BCUT2D eigenvalue weighted by Gasteiger charge is -2.06. The molecule has 1 aromatic carbocycles. The van der Waals surface area contributed by atoms with Gasteiger partial charge in [0.05, 0.1) is 12.1 Å². The Labute approximate surface area is 82.3 Å². The van der Waals surface area contributed by atoms with Crippen molar-refractivity contribution in [2.24, 2.45) is 0 Å². The van der Waals surface area contributed by atoms with E-state index < -0.39 is 0 Å². The SMILES string of the molecule is CCOc1c(O)ccc2cc(C)[nH]c12. The average Bonchev–Trinajstić information content (AvgIpc) is 2.51. The van der Waals surface area contributed by atoms with E-state index in [2.05, 4.69) is 4.98 Å². The van der Waals surface area contributed by atoms with Crippen molar-refractivity contribution in [3.8, 4) is 11.5 Å². The number of hydrogen-bond acceptors (Lipinski definition) is 2. The van der Waals surface area contributed by atoms with E-state index in [1.54, 1.807) is 6.07 Å². The number of hydrogen-bond donors (Lipinski definition) is 2. The first-order valence-corrected chi connectivity index (χ1v) is 4.66. The van der Waals surface area contributed by atoms with Crippen LogP contribution in [0.15, 0.2) is 18.2 Å². The number of H-pyrrole nitrogens is 1. The van der Waals surface area contributed by atoms with Gasteiger partial charge in [0, 0.05) is 11.1 Å². The maximum atomic E-state index is 9.60. The Bertz CT molecular complexity index is 460. The number of nitrogens with one attached hydrogen (secondary N) is 1. The van der Waals surface area contributed by atoms with Gasteiger partial charge in [0.1, 0.15) is 0 Å². The second-order valence-corrected chi connectivity index (χ2v) is 3.26. The molecule has 0 bridgehead atoms. The van der Waals surface area contributed by atoms with Gasteiger partial charge in [0.15, 0.2) is 11.5 Å². The summed E-state index contributed by atoms with van der Waals surface area (Å²) in [6, 6.07) is 5.55. The van der Waals surface area contributed by atoms with Crippen molar-refractivity contribution in [1.82, 2.24) is 4.98 Å². The monoisotopic (exact) mass is 191 g/mol. The van der Waals surface area contributed by atoms with E-state index in [1.807, 2.05) is 26.0 Å². The number of ether oxygens (including phenoxy) is 1. The van der Waals surface area contributed by atoms with E-state index in [0.717, 1.165) is 16.6 Å². The van der Waals surface area contributed by atoms with Gasteiger partial charge >= 0.3 is 0 Å². The van der Waals surface area contributed by atoms with Crippen molar-refractivity contribution in [3.63, 3.8) is 0 Å². The van der Waals surface area contributed by atoms with E-state index >= 15 is 0 Å². The first-order valence-electron chi connectivity index (χ1n) is 4.66. The van der Waals surface area contributed by atoms with Gasteiger partial charge in [-0.25, -0.2) is 0 Å². The highest BCUT2D eigenvalue weighted by atomic mass is 16.5. The molecular weight excluding hydrogens is 178 g/mol. The van der Waals surface area contributed by atoms with Gasteiger partial charge in [0.25, 0.3) is 0 Å². The number of rotatable bonds is 2. The molecule has 0 fully saturated rings. The molecule has 0 spiro atoms. The fraction of sp³-hybridized carbons (Fsp3) is 0.273. The van der Waals surface area contributed by atoms with Crippen LogP contribution < -0.4 is 4.74 Å². The summed E-state index contributed by atoms with van der Waals surface area (Å²) in [5.41, 5.74) is 1.93. The molecule has 0 amide bonds. The zero-order valence-electron chi connectivity index (χ0n) is 8.29. The minimum atomic E-state index is 0.182. The quantitative estimate of drug-likeness (QED) is 0.766. The van der Waals surface area contributed by atoms with Crippen molar-refractivity contribution in [1.29, 1.82) is 0 Å². The number of fused-ring (bicyclic) bond motifs is 1. The van der Waals surface area contributed by atoms with Crippen molar-refractivity contribution >= 4 is 10.9 Å². The first-order chi connectivity index (χ1) is 6.72. The summed E-state index contributed by atoms with van der Waals surface area (Å²) in [6.07, 6.45) is 0. The summed E-state index contributed by atoms with van der Waals surface area (Å²) in [5, 5.41) is 10.7. The number of aromatic hydroxyl groups is 1. The Kier molecular flexibility index (Phi) is 2.08. The number of aryl methyl sites for hydroxylation is 1. The molecule has 3 heteroatoms. The summed E-state index contributed by atoms with van der Waals surface area (Å²) < 4.78 is 5.38.